The van der Waals surface area contributed by atoms with Crippen LogP contribution in [0.1, 0.15) is 39.0 Å². The summed E-state index contributed by atoms with van der Waals surface area (Å²) in [7, 11) is 0. The van der Waals surface area contributed by atoms with Gasteiger partial charge in [0.2, 0.25) is 12.3 Å². The van der Waals surface area contributed by atoms with E-state index in [0.717, 1.165) is 25.5 Å². The summed E-state index contributed by atoms with van der Waals surface area (Å²) in [6, 6.07) is -0.347. The zero-order valence-corrected chi connectivity index (χ0v) is 11.3. The van der Waals surface area contributed by atoms with Crippen molar-refractivity contribution in [2.24, 2.45) is 5.92 Å². The van der Waals surface area contributed by atoms with Crippen LogP contribution in [0.25, 0.3) is 0 Å². The molecule has 0 saturated carbocycles. The first-order valence-corrected chi connectivity index (χ1v) is 6.80. The number of amides is 2. The molecule has 1 saturated heterocycles. The van der Waals surface area contributed by atoms with Crippen LogP contribution in [0.15, 0.2) is 0 Å². The average Bonchev–Trinajstić information content (AvgIpc) is 2.90. The van der Waals surface area contributed by atoms with Crippen LogP contribution in [-0.2, 0) is 14.4 Å². The van der Waals surface area contributed by atoms with E-state index >= 15 is 0 Å². The normalized spacial score (nSPS) is 20.1. The zero-order chi connectivity index (χ0) is 14.3. The third-order valence-electron chi connectivity index (χ3n) is 3.52. The van der Waals surface area contributed by atoms with Gasteiger partial charge in [0, 0.05) is 6.54 Å². The Morgan fingerprint density at radius 3 is 2.84 bits per heavy atom. The third kappa shape index (κ3) is 4.31. The minimum atomic E-state index is -0.435. The second-order valence-electron chi connectivity index (χ2n) is 4.94. The first-order chi connectivity index (χ1) is 9.13. The number of nitrogens with zero attached hydrogens (tertiary/aromatic N) is 2. The highest BCUT2D eigenvalue weighted by Crippen LogP contribution is 2.21. The van der Waals surface area contributed by atoms with Crippen molar-refractivity contribution in [3.05, 3.63) is 0 Å². The van der Waals surface area contributed by atoms with E-state index in [0.29, 0.717) is 30.9 Å². The summed E-state index contributed by atoms with van der Waals surface area (Å²) in [4.78, 5) is 35.4. The summed E-state index contributed by atoms with van der Waals surface area (Å²) in [5.41, 5.74) is 0. The Bertz CT molecular complexity index is 322. The van der Waals surface area contributed by atoms with Crippen LogP contribution < -0.4 is 0 Å². The summed E-state index contributed by atoms with van der Waals surface area (Å²) in [6.45, 7) is 2.59. The zero-order valence-electron chi connectivity index (χ0n) is 11.3. The summed E-state index contributed by atoms with van der Waals surface area (Å²) in [5, 5.41) is 9.77. The predicted molar refractivity (Wildman–Crippen MR) is 68.4 cm³/mol. The molecule has 1 N–H and O–H groups in total. The number of rotatable bonds is 8. The van der Waals surface area contributed by atoms with E-state index < -0.39 is 5.92 Å². The van der Waals surface area contributed by atoms with Crippen molar-refractivity contribution >= 4 is 18.6 Å². The average molecular weight is 270 g/mol. The minimum Gasteiger partial charge on any atom is -0.333 e. The van der Waals surface area contributed by atoms with Crippen LogP contribution in [0.4, 0.5) is 0 Å². The van der Waals surface area contributed by atoms with E-state index in [1.807, 2.05) is 6.92 Å². The Labute approximate surface area is 113 Å². The molecule has 0 radical (unpaired) electrons. The van der Waals surface area contributed by atoms with Gasteiger partial charge < -0.3 is 9.69 Å². The number of hydrogen-bond acceptors (Lipinski definition) is 4. The Balaban J connectivity index is 2.68. The van der Waals surface area contributed by atoms with Gasteiger partial charge in [-0.05, 0) is 19.3 Å². The predicted octanol–water partition coefficient (Wildman–Crippen LogP) is 0.830. The highest BCUT2D eigenvalue weighted by atomic mass is 16.5. The maximum absolute atomic E-state index is 12.4. The van der Waals surface area contributed by atoms with E-state index in [9.17, 15) is 19.6 Å². The fourth-order valence-corrected chi connectivity index (χ4v) is 2.45. The van der Waals surface area contributed by atoms with Gasteiger partial charge in [0.05, 0.1) is 18.5 Å². The standard InChI is InChI=1S/C13H22N2O4/c1-2-3-5-11(8-14(19)10-17)13(18)15-7-4-6-12(15)9-16/h9-12,19H,2-8H2,1H3/t11-,12+/m1/s1. The molecule has 2 amide bonds. The van der Waals surface area contributed by atoms with Gasteiger partial charge in [0.15, 0.2) is 0 Å². The smallest absolute Gasteiger partial charge is 0.233 e. The lowest BCUT2D eigenvalue weighted by Crippen LogP contribution is -2.43. The molecule has 0 aliphatic carbocycles. The van der Waals surface area contributed by atoms with Crippen LogP contribution in [0, 0.1) is 5.92 Å². The number of carbonyl (C=O) groups is 3. The fraction of sp³-hybridized carbons (Fsp3) is 0.769. The Morgan fingerprint density at radius 1 is 1.53 bits per heavy atom. The molecular weight excluding hydrogens is 248 g/mol. The molecule has 0 spiro atoms. The molecule has 1 aliphatic rings. The van der Waals surface area contributed by atoms with Gasteiger partial charge in [-0.1, -0.05) is 19.8 Å². The van der Waals surface area contributed by atoms with Crippen LogP contribution in [0.2, 0.25) is 0 Å². The van der Waals surface area contributed by atoms with E-state index in [-0.39, 0.29) is 18.5 Å². The molecule has 0 aromatic rings. The van der Waals surface area contributed by atoms with E-state index in [2.05, 4.69) is 0 Å². The van der Waals surface area contributed by atoms with E-state index in [4.69, 9.17) is 0 Å². The summed E-state index contributed by atoms with van der Waals surface area (Å²) in [5.74, 6) is -0.570. The largest absolute Gasteiger partial charge is 0.333 e. The molecule has 0 unspecified atom stereocenters. The van der Waals surface area contributed by atoms with Gasteiger partial charge in [-0.3, -0.25) is 14.8 Å². The third-order valence-corrected chi connectivity index (χ3v) is 3.52. The molecular formula is C13H22N2O4. The first kappa shape index (κ1) is 15.6. The molecule has 0 bridgehead atoms. The highest BCUT2D eigenvalue weighted by molar-refractivity contribution is 5.82. The van der Waals surface area contributed by atoms with Gasteiger partial charge >= 0.3 is 0 Å². The summed E-state index contributed by atoms with van der Waals surface area (Å²) in [6.07, 6.45) is 5.03. The number of carbonyl (C=O) groups excluding carboxylic acids is 3. The Hall–Kier alpha value is -1.43. The van der Waals surface area contributed by atoms with Gasteiger partial charge in [-0.25, -0.2) is 5.06 Å². The second-order valence-corrected chi connectivity index (χ2v) is 4.94. The molecule has 1 fully saturated rings. The molecule has 2 atom stereocenters. The van der Waals surface area contributed by atoms with E-state index in [1.165, 1.54) is 0 Å². The molecule has 1 aliphatic heterocycles. The topological polar surface area (TPSA) is 77.9 Å². The van der Waals surface area contributed by atoms with Crippen LogP contribution in [0.5, 0.6) is 0 Å². The van der Waals surface area contributed by atoms with Crippen molar-refractivity contribution in [2.45, 2.75) is 45.1 Å². The van der Waals surface area contributed by atoms with Crippen LogP contribution in [-0.4, -0.2) is 52.9 Å². The van der Waals surface area contributed by atoms with Crippen molar-refractivity contribution in [1.29, 1.82) is 0 Å². The lowest BCUT2D eigenvalue weighted by Gasteiger charge is -2.27. The molecule has 0 aromatic carbocycles. The summed E-state index contributed by atoms with van der Waals surface area (Å²) < 4.78 is 0. The van der Waals surface area contributed by atoms with Crippen molar-refractivity contribution < 1.29 is 19.6 Å². The van der Waals surface area contributed by atoms with Crippen molar-refractivity contribution in [1.82, 2.24) is 9.96 Å². The lowest BCUT2D eigenvalue weighted by molar-refractivity contribution is -0.157. The number of aldehydes is 1. The van der Waals surface area contributed by atoms with Crippen molar-refractivity contribution in [3.63, 3.8) is 0 Å². The molecule has 1 rings (SSSR count). The molecule has 0 aromatic heterocycles. The maximum Gasteiger partial charge on any atom is 0.233 e. The van der Waals surface area contributed by atoms with E-state index in [1.54, 1.807) is 4.90 Å². The van der Waals surface area contributed by atoms with Gasteiger partial charge in [0.1, 0.15) is 6.29 Å². The summed E-state index contributed by atoms with van der Waals surface area (Å²) >= 11 is 0. The van der Waals surface area contributed by atoms with Crippen molar-refractivity contribution in [3.8, 4) is 0 Å². The molecule has 1 heterocycles. The fourth-order valence-electron chi connectivity index (χ4n) is 2.45. The SMILES string of the molecule is CCCC[C@H](CN(O)C=O)C(=O)N1CCC[C@H]1C=O. The Morgan fingerprint density at radius 2 is 2.26 bits per heavy atom. The highest BCUT2D eigenvalue weighted by Gasteiger charge is 2.33. The number of hydrogen-bond donors (Lipinski definition) is 1. The molecule has 6 nitrogen and oxygen atoms in total. The Kier molecular flexibility index (Phi) is 6.49. The van der Waals surface area contributed by atoms with Crippen LogP contribution in [0.3, 0.4) is 0 Å². The van der Waals surface area contributed by atoms with Gasteiger partial charge in [-0.15, -0.1) is 0 Å². The number of likely N-dealkylation sites (tertiary alicyclic amines) is 1. The van der Waals surface area contributed by atoms with Crippen molar-refractivity contribution in [2.75, 3.05) is 13.1 Å². The van der Waals surface area contributed by atoms with Gasteiger partial charge in [-0.2, -0.15) is 0 Å². The second kappa shape index (κ2) is 7.89. The minimum absolute atomic E-state index is 0.00951. The van der Waals surface area contributed by atoms with Crippen LogP contribution >= 0.6 is 0 Å². The molecule has 19 heavy (non-hydrogen) atoms. The quantitative estimate of drug-likeness (QED) is 0.402. The first-order valence-electron chi connectivity index (χ1n) is 6.80. The lowest BCUT2D eigenvalue weighted by atomic mass is 10.00. The number of unbranched alkanes of at least 4 members (excludes halogenated alkanes) is 1. The monoisotopic (exact) mass is 270 g/mol. The number of hydroxylamine groups is 2. The van der Waals surface area contributed by atoms with Gasteiger partial charge in [0.25, 0.3) is 0 Å². The maximum atomic E-state index is 12.4. The molecule has 108 valence electrons. The molecule has 6 heteroatoms.